The molecule has 2 N–H and O–H groups in total. The average Bonchev–Trinajstić information content (AvgIpc) is 3.11. The largest absolute Gasteiger partial charge is 0.381 e. The fourth-order valence-electron chi connectivity index (χ4n) is 3.85. The number of nitrogens with zero attached hydrogens (tertiary/aromatic N) is 1. The maximum absolute atomic E-state index is 12.1. The number of nitro groups is 1. The van der Waals surface area contributed by atoms with Crippen LogP contribution in [0.3, 0.4) is 0 Å². The van der Waals surface area contributed by atoms with E-state index in [-0.39, 0.29) is 10.8 Å². The van der Waals surface area contributed by atoms with Crippen molar-refractivity contribution in [2.75, 3.05) is 0 Å². The third kappa shape index (κ3) is 4.19. The molecule has 5 nitrogen and oxygen atoms in total. The molecule has 3 atom stereocenters. The molecule has 2 aromatic carbocycles. The third-order valence-electron chi connectivity index (χ3n) is 5.26. The van der Waals surface area contributed by atoms with Gasteiger partial charge >= 0.3 is 0 Å². The molecule has 0 bridgehead atoms. The fourth-order valence-corrected chi connectivity index (χ4v) is 3.85. The first-order valence-electron chi connectivity index (χ1n) is 9.56. The van der Waals surface area contributed by atoms with Crippen LogP contribution in [0.4, 0.5) is 0 Å². The lowest BCUT2D eigenvalue weighted by atomic mass is 9.82. The van der Waals surface area contributed by atoms with Crippen LogP contribution in [-0.2, 0) is 0 Å². The van der Waals surface area contributed by atoms with Gasteiger partial charge in [-0.2, -0.15) is 0 Å². The summed E-state index contributed by atoms with van der Waals surface area (Å²) in [6.45, 7) is 2.12. The van der Waals surface area contributed by atoms with E-state index >= 15 is 0 Å². The van der Waals surface area contributed by atoms with Gasteiger partial charge in [0.15, 0.2) is 0 Å². The van der Waals surface area contributed by atoms with Crippen LogP contribution < -0.4 is 0 Å². The van der Waals surface area contributed by atoms with Gasteiger partial charge in [0, 0.05) is 22.0 Å². The van der Waals surface area contributed by atoms with Gasteiger partial charge in [0.1, 0.15) is 6.10 Å². The molecule has 0 aliphatic carbocycles. The summed E-state index contributed by atoms with van der Waals surface area (Å²) >= 11 is 0. The predicted molar refractivity (Wildman–Crippen MR) is 107 cm³/mol. The van der Waals surface area contributed by atoms with Crippen LogP contribution in [0.2, 0.25) is 0 Å². The SMILES string of the molecule is CCCCC[C@H](c1c[nH]c2ccccc12)[C@H]([C@H](O)c1ccccc1)[N+](=O)[O-]. The number of aliphatic hydroxyl groups is 1. The zero-order valence-electron chi connectivity index (χ0n) is 15.5. The van der Waals surface area contributed by atoms with Crippen molar-refractivity contribution in [3.63, 3.8) is 0 Å². The van der Waals surface area contributed by atoms with Gasteiger partial charge in [-0.25, -0.2) is 0 Å². The molecular formula is C22H26N2O3. The highest BCUT2D eigenvalue weighted by atomic mass is 16.6. The molecule has 27 heavy (non-hydrogen) atoms. The van der Waals surface area contributed by atoms with Crippen molar-refractivity contribution in [2.45, 2.75) is 50.7 Å². The van der Waals surface area contributed by atoms with E-state index < -0.39 is 12.1 Å². The predicted octanol–water partition coefficient (Wildman–Crippen LogP) is 5.21. The van der Waals surface area contributed by atoms with Crippen molar-refractivity contribution < 1.29 is 10.0 Å². The van der Waals surface area contributed by atoms with E-state index in [0.717, 1.165) is 35.7 Å². The number of fused-ring (bicyclic) bond motifs is 1. The summed E-state index contributed by atoms with van der Waals surface area (Å²) in [7, 11) is 0. The molecule has 0 radical (unpaired) electrons. The van der Waals surface area contributed by atoms with E-state index in [1.807, 2.05) is 36.5 Å². The van der Waals surface area contributed by atoms with E-state index in [0.29, 0.717) is 12.0 Å². The Kier molecular flexibility index (Phi) is 6.24. The standard InChI is InChI=1S/C22H26N2O3/c1-2-3-5-13-18(19-15-23-20-14-9-8-12-17(19)20)21(24(26)27)22(25)16-10-6-4-7-11-16/h4,6-12,14-15,18,21-23,25H,2-3,5,13H2,1H3/t18-,21-,22-/m1/s1. The summed E-state index contributed by atoms with van der Waals surface area (Å²) in [5.41, 5.74) is 2.46. The molecule has 3 rings (SSSR count). The molecule has 0 fully saturated rings. The molecule has 0 spiro atoms. The van der Waals surface area contributed by atoms with Crippen molar-refractivity contribution in [1.82, 2.24) is 4.98 Å². The average molecular weight is 366 g/mol. The van der Waals surface area contributed by atoms with Gasteiger partial charge in [-0.05, 0) is 23.6 Å². The topological polar surface area (TPSA) is 79.2 Å². The van der Waals surface area contributed by atoms with Crippen LogP contribution in [0.25, 0.3) is 10.9 Å². The molecule has 0 unspecified atom stereocenters. The minimum absolute atomic E-state index is 0.309. The minimum atomic E-state index is -1.15. The van der Waals surface area contributed by atoms with Crippen LogP contribution in [0.1, 0.15) is 55.8 Å². The Hall–Kier alpha value is -2.66. The normalized spacial score (nSPS) is 14.7. The van der Waals surface area contributed by atoms with Crippen molar-refractivity contribution in [3.05, 3.63) is 82.0 Å². The number of unbranched alkanes of at least 4 members (excludes halogenated alkanes) is 2. The van der Waals surface area contributed by atoms with E-state index in [2.05, 4.69) is 11.9 Å². The van der Waals surface area contributed by atoms with Crippen LogP contribution in [0, 0.1) is 10.1 Å². The monoisotopic (exact) mass is 366 g/mol. The number of hydrogen-bond acceptors (Lipinski definition) is 3. The molecule has 3 aromatic rings. The quantitative estimate of drug-likeness (QED) is 0.310. The summed E-state index contributed by atoms with van der Waals surface area (Å²) < 4.78 is 0. The Balaban J connectivity index is 2.02. The van der Waals surface area contributed by atoms with E-state index in [9.17, 15) is 15.2 Å². The molecule has 0 amide bonds. The van der Waals surface area contributed by atoms with Gasteiger partial charge in [-0.15, -0.1) is 0 Å². The number of H-pyrrole nitrogens is 1. The highest BCUT2D eigenvalue weighted by Gasteiger charge is 2.40. The number of aliphatic hydroxyl groups excluding tert-OH is 1. The maximum Gasteiger partial charge on any atom is 0.249 e. The van der Waals surface area contributed by atoms with Crippen molar-refractivity contribution in [2.24, 2.45) is 0 Å². The first-order valence-corrected chi connectivity index (χ1v) is 9.56. The molecule has 0 saturated heterocycles. The number of para-hydroxylation sites is 1. The first-order chi connectivity index (χ1) is 13.1. The van der Waals surface area contributed by atoms with Gasteiger partial charge in [0.25, 0.3) is 0 Å². The van der Waals surface area contributed by atoms with Gasteiger partial charge < -0.3 is 10.1 Å². The molecule has 5 heteroatoms. The molecule has 1 heterocycles. The Bertz CT molecular complexity index is 875. The molecule has 142 valence electrons. The van der Waals surface area contributed by atoms with Gasteiger partial charge in [-0.1, -0.05) is 74.7 Å². The van der Waals surface area contributed by atoms with Crippen LogP contribution in [0.15, 0.2) is 60.8 Å². The Morgan fingerprint density at radius 1 is 1.07 bits per heavy atom. The molecule has 0 aliphatic heterocycles. The van der Waals surface area contributed by atoms with E-state index in [1.54, 1.807) is 24.3 Å². The van der Waals surface area contributed by atoms with Crippen LogP contribution in [-0.4, -0.2) is 21.1 Å². The third-order valence-corrected chi connectivity index (χ3v) is 5.26. The summed E-state index contributed by atoms with van der Waals surface area (Å²) in [5.74, 6) is -0.363. The summed E-state index contributed by atoms with van der Waals surface area (Å²) in [6.07, 6.45) is 4.35. The Labute approximate surface area is 159 Å². The number of aromatic nitrogens is 1. The second-order valence-corrected chi connectivity index (χ2v) is 7.02. The minimum Gasteiger partial charge on any atom is -0.381 e. The van der Waals surface area contributed by atoms with Gasteiger partial charge in [0.05, 0.1) is 5.92 Å². The number of nitrogens with one attached hydrogen (secondary N) is 1. The fraction of sp³-hybridized carbons (Fsp3) is 0.364. The highest BCUT2D eigenvalue weighted by molar-refractivity contribution is 5.83. The van der Waals surface area contributed by atoms with Gasteiger partial charge in [-0.3, -0.25) is 10.1 Å². The van der Waals surface area contributed by atoms with Crippen molar-refractivity contribution in [1.29, 1.82) is 0 Å². The summed E-state index contributed by atoms with van der Waals surface area (Å²) in [4.78, 5) is 15.0. The smallest absolute Gasteiger partial charge is 0.249 e. The lowest BCUT2D eigenvalue weighted by Crippen LogP contribution is -2.34. The summed E-state index contributed by atoms with van der Waals surface area (Å²) in [5, 5.41) is 23.9. The zero-order valence-corrected chi connectivity index (χ0v) is 15.5. The number of benzene rings is 2. The molecular weight excluding hydrogens is 340 g/mol. The number of rotatable bonds is 9. The maximum atomic E-state index is 12.1. The Morgan fingerprint density at radius 3 is 2.48 bits per heavy atom. The van der Waals surface area contributed by atoms with E-state index in [4.69, 9.17) is 0 Å². The number of hydrogen-bond donors (Lipinski definition) is 2. The molecule has 1 aromatic heterocycles. The lowest BCUT2D eigenvalue weighted by Gasteiger charge is -2.25. The second-order valence-electron chi connectivity index (χ2n) is 7.02. The lowest BCUT2D eigenvalue weighted by molar-refractivity contribution is -0.540. The summed E-state index contributed by atoms with van der Waals surface area (Å²) in [6, 6.07) is 15.7. The van der Waals surface area contributed by atoms with Crippen molar-refractivity contribution in [3.8, 4) is 0 Å². The van der Waals surface area contributed by atoms with Crippen LogP contribution in [0.5, 0.6) is 0 Å². The highest BCUT2D eigenvalue weighted by Crippen LogP contribution is 2.38. The van der Waals surface area contributed by atoms with E-state index in [1.165, 1.54) is 0 Å². The van der Waals surface area contributed by atoms with Crippen molar-refractivity contribution >= 4 is 10.9 Å². The Morgan fingerprint density at radius 2 is 1.78 bits per heavy atom. The molecule has 0 saturated carbocycles. The second kappa shape index (κ2) is 8.82. The first kappa shape index (κ1) is 19.1. The van der Waals surface area contributed by atoms with Crippen LogP contribution >= 0.6 is 0 Å². The number of aromatic amines is 1. The van der Waals surface area contributed by atoms with Gasteiger partial charge in [0.2, 0.25) is 6.04 Å². The zero-order chi connectivity index (χ0) is 19.2. The molecule has 0 aliphatic rings.